The van der Waals surface area contributed by atoms with E-state index in [-0.39, 0.29) is 17.9 Å². The number of amides is 1. The van der Waals surface area contributed by atoms with Crippen molar-refractivity contribution in [1.29, 1.82) is 0 Å². The average molecular weight is 425 g/mol. The maximum atomic E-state index is 13.6. The van der Waals surface area contributed by atoms with Crippen LogP contribution in [0, 0.1) is 17.8 Å². The number of piperidine rings is 1. The van der Waals surface area contributed by atoms with Crippen LogP contribution in [0.3, 0.4) is 0 Å². The summed E-state index contributed by atoms with van der Waals surface area (Å²) in [6, 6.07) is 9.92. The molecule has 1 aliphatic heterocycles. The molecule has 1 saturated heterocycles. The van der Waals surface area contributed by atoms with Gasteiger partial charge in [-0.25, -0.2) is 0 Å². The van der Waals surface area contributed by atoms with Crippen molar-refractivity contribution in [3.63, 3.8) is 0 Å². The van der Waals surface area contributed by atoms with Gasteiger partial charge in [-0.15, -0.1) is 0 Å². The highest BCUT2D eigenvalue weighted by molar-refractivity contribution is 5.87. The third-order valence-electron chi connectivity index (χ3n) is 7.82. The average Bonchev–Trinajstić information content (AvgIpc) is 3.17. The summed E-state index contributed by atoms with van der Waals surface area (Å²) < 4.78 is 0. The van der Waals surface area contributed by atoms with Gasteiger partial charge >= 0.3 is 0 Å². The Kier molecular flexibility index (Phi) is 7.18. The zero-order chi connectivity index (χ0) is 21.8. The van der Waals surface area contributed by atoms with Crippen LogP contribution in [0.15, 0.2) is 42.0 Å². The van der Waals surface area contributed by atoms with Gasteiger partial charge in [0.05, 0.1) is 0 Å². The minimum absolute atomic E-state index is 0.00522. The van der Waals surface area contributed by atoms with Crippen molar-refractivity contribution in [2.24, 2.45) is 17.8 Å². The molecule has 1 aromatic carbocycles. The normalized spacial score (nSPS) is 28.7. The smallest absolute Gasteiger partial charge is 0.257 e. The Hall–Kier alpha value is -1.65. The van der Waals surface area contributed by atoms with Crippen LogP contribution in [0.2, 0.25) is 0 Å². The van der Waals surface area contributed by atoms with E-state index in [9.17, 15) is 9.90 Å². The minimum Gasteiger partial charge on any atom is -0.375 e. The third kappa shape index (κ3) is 5.06. The maximum Gasteiger partial charge on any atom is 0.257 e. The Bertz CT molecular complexity index is 753. The summed E-state index contributed by atoms with van der Waals surface area (Å²) >= 11 is 0. The summed E-state index contributed by atoms with van der Waals surface area (Å²) in [5.74, 6) is 0.926. The molecule has 1 heterocycles. The van der Waals surface area contributed by atoms with E-state index in [0.29, 0.717) is 11.8 Å². The first-order valence-corrected chi connectivity index (χ1v) is 12.4. The van der Waals surface area contributed by atoms with E-state index >= 15 is 0 Å². The van der Waals surface area contributed by atoms with Crippen LogP contribution in [0.5, 0.6) is 0 Å². The van der Waals surface area contributed by atoms with Crippen LogP contribution in [-0.4, -0.2) is 41.6 Å². The van der Waals surface area contributed by atoms with E-state index in [1.54, 1.807) is 0 Å². The number of likely N-dealkylation sites (tertiary alicyclic amines) is 1. The Balaban J connectivity index is 1.41. The molecule has 31 heavy (non-hydrogen) atoms. The second-order valence-electron chi connectivity index (χ2n) is 10.3. The fraction of sp³-hybridized carbons (Fsp3) is 0.667. The molecule has 4 rings (SSSR count). The van der Waals surface area contributed by atoms with Crippen molar-refractivity contribution < 1.29 is 9.90 Å². The molecule has 4 heteroatoms. The van der Waals surface area contributed by atoms with Gasteiger partial charge in [0.15, 0.2) is 5.60 Å². The van der Waals surface area contributed by atoms with Gasteiger partial charge in [-0.3, -0.25) is 4.79 Å². The lowest BCUT2D eigenvalue weighted by Gasteiger charge is -2.37. The lowest BCUT2D eigenvalue weighted by atomic mass is 9.74. The first-order chi connectivity index (χ1) is 15.0. The molecule has 2 N–H and O–H groups in total. The van der Waals surface area contributed by atoms with Crippen molar-refractivity contribution in [2.75, 3.05) is 19.6 Å². The number of allylic oxidation sites excluding steroid dienone is 1. The van der Waals surface area contributed by atoms with Crippen LogP contribution in [0.25, 0.3) is 0 Å². The number of aliphatic hydroxyl groups is 1. The molecule has 0 radical (unpaired) electrons. The maximum absolute atomic E-state index is 13.6. The van der Waals surface area contributed by atoms with Crippen molar-refractivity contribution in [3.05, 3.63) is 47.5 Å². The summed E-state index contributed by atoms with van der Waals surface area (Å²) in [6.07, 6.45) is 11.1. The molecule has 2 saturated carbocycles. The van der Waals surface area contributed by atoms with Crippen molar-refractivity contribution in [2.45, 2.75) is 76.9 Å². The number of benzene rings is 1. The number of fused-ring (bicyclic) bond motifs is 1. The highest BCUT2D eigenvalue weighted by atomic mass is 16.3. The van der Waals surface area contributed by atoms with E-state index in [4.69, 9.17) is 0 Å². The summed E-state index contributed by atoms with van der Waals surface area (Å²) in [4.78, 5) is 16.1. The molecule has 3 fully saturated rings. The SMILES string of the molecule is CC(C)=CCCN1CC2C(C1)C2NC(=O)C(O)(c1ccccc1)C1CCCCCCC1. The fourth-order valence-electron chi connectivity index (χ4n) is 5.93. The van der Waals surface area contributed by atoms with Gasteiger partial charge in [-0.05, 0) is 50.5 Å². The molecule has 0 aromatic heterocycles. The summed E-state index contributed by atoms with van der Waals surface area (Å²) in [5, 5.41) is 15.2. The Labute approximate surface area is 188 Å². The molecule has 1 aromatic rings. The van der Waals surface area contributed by atoms with Crippen molar-refractivity contribution in [1.82, 2.24) is 10.2 Å². The van der Waals surface area contributed by atoms with Gasteiger partial charge in [0, 0.05) is 31.6 Å². The fourth-order valence-corrected chi connectivity index (χ4v) is 5.93. The first-order valence-electron chi connectivity index (χ1n) is 12.4. The Morgan fingerprint density at radius 1 is 1.06 bits per heavy atom. The van der Waals surface area contributed by atoms with E-state index < -0.39 is 5.60 Å². The molecular weight excluding hydrogens is 384 g/mol. The number of hydrogen-bond donors (Lipinski definition) is 2. The van der Waals surface area contributed by atoms with Crippen LogP contribution in [0.1, 0.15) is 70.8 Å². The summed E-state index contributed by atoms with van der Waals surface area (Å²) in [7, 11) is 0. The Morgan fingerprint density at radius 3 is 2.29 bits per heavy atom. The standard InChI is InChI=1S/C27H40N2O2/c1-20(2)12-11-17-29-18-23-24(19-29)25(23)28-26(30)27(31,22-15-9-6-10-16-22)21-13-7-4-3-5-8-14-21/h6,9-10,12,15-16,21,23-25,31H,3-5,7-8,11,13-14,17-19H2,1-2H3,(H,28,30). The summed E-state index contributed by atoms with van der Waals surface area (Å²) in [6.45, 7) is 7.54. The van der Waals surface area contributed by atoms with Crippen LogP contribution in [-0.2, 0) is 10.4 Å². The van der Waals surface area contributed by atoms with Crippen molar-refractivity contribution >= 4 is 5.91 Å². The van der Waals surface area contributed by atoms with Gasteiger partial charge in [0.25, 0.3) is 5.91 Å². The monoisotopic (exact) mass is 424 g/mol. The van der Waals surface area contributed by atoms with E-state index in [1.165, 1.54) is 24.8 Å². The van der Waals surface area contributed by atoms with Gasteiger partial charge in [0.2, 0.25) is 0 Å². The number of rotatable bonds is 7. The molecule has 3 unspecified atom stereocenters. The molecule has 0 spiro atoms. The van der Waals surface area contributed by atoms with E-state index in [2.05, 4.69) is 30.1 Å². The molecule has 2 aliphatic carbocycles. The van der Waals surface area contributed by atoms with E-state index in [0.717, 1.165) is 57.3 Å². The number of carbonyl (C=O) groups is 1. The van der Waals surface area contributed by atoms with Gasteiger partial charge in [-0.1, -0.05) is 74.1 Å². The Morgan fingerprint density at radius 2 is 1.68 bits per heavy atom. The predicted molar refractivity (Wildman–Crippen MR) is 126 cm³/mol. The summed E-state index contributed by atoms with van der Waals surface area (Å²) in [5.41, 5.74) is 0.717. The number of carbonyl (C=O) groups excluding carboxylic acids is 1. The first kappa shape index (κ1) is 22.5. The molecule has 0 bridgehead atoms. The molecule has 3 atom stereocenters. The van der Waals surface area contributed by atoms with Crippen LogP contribution in [0.4, 0.5) is 0 Å². The quantitative estimate of drug-likeness (QED) is 0.627. The second kappa shape index (κ2) is 9.87. The van der Waals surface area contributed by atoms with Gasteiger partial charge in [0.1, 0.15) is 0 Å². The van der Waals surface area contributed by atoms with Gasteiger partial charge in [-0.2, -0.15) is 0 Å². The van der Waals surface area contributed by atoms with E-state index in [1.807, 2.05) is 30.3 Å². The number of nitrogens with one attached hydrogen (secondary N) is 1. The lowest BCUT2D eigenvalue weighted by Crippen LogP contribution is -2.51. The molecular formula is C27H40N2O2. The zero-order valence-electron chi connectivity index (χ0n) is 19.4. The van der Waals surface area contributed by atoms with Crippen molar-refractivity contribution in [3.8, 4) is 0 Å². The van der Waals surface area contributed by atoms with Gasteiger partial charge < -0.3 is 15.3 Å². The predicted octanol–water partition coefficient (Wildman–Crippen LogP) is 4.64. The molecule has 1 amide bonds. The van der Waals surface area contributed by atoms with Crippen LogP contribution >= 0.6 is 0 Å². The number of hydrogen-bond acceptors (Lipinski definition) is 3. The molecule has 4 nitrogen and oxygen atoms in total. The highest BCUT2D eigenvalue weighted by Crippen LogP contribution is 2.47. The van der Waals surface area contributed by atoms with Crippen LogP contribution < -0.4 is 5.32 Å². The second-order valence-corrected chi connectivity index (χ2v) is 10.3. The molecule has 3 aliphatic rings. The minimum atomic E-state index is -1.42. The largest absolute Gasteiger partial charge is 0.375 e. The number of nitrogens with zero attached hydrogens (tertiary/aromatic N) is 1. The topological polar surface area (TPSA) is 52.6 Å². The molecule has 170 valence electrons. The highest BCUT2D eigenvalue weighted by Gasteiger charge is 2.58. The lowest BCUT2D eigenvalue weighted by molar-refractivity contribution is -0.149. The third-order valence-corrected chi connectivity index (χ3v) is 7.82. The zero-order valence-corrected chi connectivity index (χ0v) is 19.4.